The fourth-order valence-electron chi connectivity index (χ4n) is 3.58. The SMILES string of the molecule is Cl.Oc1ccc(CC(O)CN2CCC(O)(Cc3ccc(Cl)cc3)CC2)cc1. The summed E-state index contributed by atoms with van der Waals surface area (Å²) in [5.41, 5.74) is 1.41. The van der Waals surface area contributed by atoms with Gasteiger partial charge >= 0.3 is 0 Å². The van der Waals surface area contributed by atoms with E-state index in [1.807, 2.05) is 36.4 Å². The van der Waals surface area contributed by atoms with Gasteiger partial charge in [0.25, 0.3) is 0 Å². The van der Waals surface area contributed by atoms with E-state index < -0.39 is 11.7 Å². The maximum atomic E-state index is 10.9. The molecule has 0 radical (unpaired) electrons. The number of hydrogen-bond donors (Lipinski definition) is 3. The van der Waals surface area contributed by atoms with Crippen LogP contribution in [0.2, 0.25) is 5.02 Å². The number of halogens is 2. The van der Waals surface area contributed by atoms with Crippen molar-refractivity contribution in [2.75, 3.05) is 19.6 Å². The number of aliphatic hydroxyl groups is 2. The molecule has 0 bridgehead atoms. The van der Waals surface area contributed by atoms with Gasteiger partial charge in [0.15, 0.2) is 0 Å². The smallest absolute Gasteiger partial charge is 0.115 e. The minimum absolute atomic E-state index is 0. The van der Waals surface area contributed by atoms with E-state index in [2.05, 4.69) is 4.90 Å². The highest BCUT2D eigenvalue weighted by Crippen LogP contribution is 2.27. The van der Waals surface area contributed by atoms with Gasteiger partial charge in [-0.1, -0.05) is 35.9 Å². The van der Waals surface area contributed by atoms with Crippen molar-refractivity contribution in [3.05, 3.63) is 64.7 Å². The average Bonchev–Trinajstić information content (AvgIpc) is 2.61. The predicted octanol–water partition coefficient (Wildman–Crippen LogP) is 3.44. The van der Waals surface area contributed by atoms with E-state index in [1.54, 1.807) is 12.1 Å². The topological polar surface area (TPSA) is 63.9 Å². The van der Waals surface area contributed by atoms with Crippen molar-refractivity contribution < 1.29 is 15.3 Å². The zero-order valence-corrected chi connectivity index (χ0v) is 16.8. The quantitative estimate of drug-likeness (QED) is 0.680. The molecule has 0 aliphatic carbocycles. The lowest BCUT2D eigenvalue weighted by Gasteiger charge is -2.39. The summed E-state index contributed by atoms with van der Waals surface area (Å²) in [7, 11) is 0. The Morgan fingerprint density at radius 2 is 1.52 bits per heavy atom. The molecule has 0 amide bonds. The molecule has 2 aromatic rings. The molecule has 0 spiro atoms. The van der Waals surface area contributed by atoms with Crippen LogP contribution in [-0.2, 0) is 12.8 Å². The Labute approximate surface area is 171 Å². The minimum Gasteiger partial charge on any atom is -0.508 e. The highest BCUT2D eigenvalue weighted by atomic mass is 35.5. The number of likely N-dealkylation sites (tertiary alicyclic amines) is 1. The van der Waals surface area contributed by atoms with Gasteiger partial charge in [-0.15, -0.1) is 12.4 Å². The third kappa shape index (κ3) is 6.66. The fraction of sp³-hybridized carbons (Fsp3) is 0.429. The number of nitrogens with zero attached hydrogens (tertiary/aromatic N) is 1. The molecular weight excluding hydrogens is 385 g/mol. The van der Waals surface area contributed by atoms with Crippen LogP contribution < -0.4 is 0 Å². The first-order valence-corrected chi connectivity index (χ1v) is 9.45. The normalized spacial score (nSPS) is 17.9. The van der Waals surface area contributed by atoms with Crippen LogP contribution in [-0.4, -0.2) is 51.6 Å². The number of aromatic hydroxyl groups is 1. The van der Waals surface area contributed by atoms with E-state index in [4.69, 9.17) is 11.6 Å². The van der Waals surface area contributed by atoms with Crippen LogP contribution in [0.15, 0.2) is 48.5 Å². The van der Waals surface area contributed by atoms with Crippen molar-refractivity contribution in [2.24, 2.45) is 0 Å². The number of aliphatic hydroxyl groups excluding tert-OH is 1. The number of phenols is 1. The van der Waals surface area contributed by atoms with Gasteiger partial charge in [0.1, 0.15) is 5.75 Å². The lowest BCUT2D eigenvalue weighted by molar-refractivity contribution is -0.0292. The van der Waals surface area contributed by atoms with Gasteiger partial charge in [0, 0.05) is 31.1 Å². The Morgan fingerprint density at radius 3 is 2.11 bits per heavy atom. The lowest BCUT2D eigenvalue weighted by Crippen LogP contribution is -2.47. The molecule has 6 heteroatoms. The molecular formula is C21H27Cl2NO3. The molecule has 27 heavy (non-hydrogen) atoms. The van der Waals surface area contributed by atoms with Gasteiger partial charge in [-0.25, -0.2) is 0 Å². The van der Waals surface area contributed by atoms with Gasteiger partial charge in [-0.05, 0) is 54.7 Å². The first-order valence-electron chi connectivity index (χ1n) is 9.07. The Bertz CT molecular complexity index is 698. The van der Waals surface area contributed by atoms with Crippen molar-refractivity contribution in [3.8, 4) is 5.75 Å². The number of benzene rings is 2. The van der Waals surface area contributed by atoms with E-state index in [1.165, 1.54) is 0 Å². The molecule has 148 valence electrons. The van der Waals surface area contributed by atoms with E-state index >= 15 is 0 Å². The monoisotopic (exact) mass is 411 g/mol. The van der Waals surface area contributed by atoms with Crippen LogP contribution in [0.3, 0.4) is 0 Å². The summed E-state index contributed by atoms with van der Waals surface area (Å²) < 4.78 is 0. The van der Waals surface area contributed by atoms with Gasteiger partial charge in [-0.2, -0.15) is 0 Å². The Balaban J connectivity index is 0.00000261. The molecule has 1 saturated heterocycles. The van der Waals surface area contributed by atoms with E-state index in [0.29, 0.717) is 37.3 Å². The molecule has 4 nitrogen and oxygen atoms in total. The molecule has 1 atom stereocenters. The molecule has 1 heterocycles. The predicted molar refractivity (Wildman–Crippen MR) is 111 cm³/mol. The van der Waals surface area contributed by atoms with Crippen LogP contribution >= 0.6 is 24.0 Å². The van der Waals surface area contributed by atoms with Crippen LogP contribution in [0.25, 0.3) is 0 Å². The van der Waals surface area contributed by atoms with Gasteiger partial charge in [-0.3, -0.25) is 0 Å². The minimum atomic E-state index is -0.688. The van der Waals surface area contributed by atoms with E-state index in [9.17, 15) is 15.3 Å². The molecule has 1 unspecified atom stereocenters. The maximum absolute atomic E-state index is 10.9. The van der Waals surface area contributed by atoms with Crippen molar-refractivity contribution in [2.45, 2.75) is 37.4 Å². The van der Waals surface area contributed by atoms with Crippen molar-refractivity contribution >= 4 is 24.0 Å². The van der Waals surface area contributed by atoms with Crippen LogP contribution in [0, 0.1) is 0 Å². The van der Waals surface area contributed by atoms with Gasteiger partial charge in [0.2, 0.25) is 0 Å². The van der Waals surface area contributed by atoms with Gasteiger partial charge in [0.05, 0.1) is 11.7 Å². The number of piperidine rings is 1. The number of phenolic OH excluding ortho intramolecular Hbond substituents is 1. The third-order valence-corrected chi connectivity index (χ3v) is 5.36. The van der Waals surface area contributed by atoms with Crippen molar-refractivity contribution in [1.82, 2.24) is 4.90 Å². The number of hydrogen-bond acceptors (Lipinski definition) is 4. The lowest BCUT2D eigenvalue weighted by atomic mass is 9.85. The van der Waals surface area contributed by atoms with Crippen LogP contribution in [0.1, 0.15) is 24.0 Å². The summed E-state index contributed by atoms with van der Waals surface area (Å²) in [6, 6.07) is 14.6. The highest BCUT2D eigenvalue weighted by molar-refractivity contribution is 6.30. The molecule has 2 aromatic carbocycles. The molecule has 3 N–H and O–H groups in total. The Morgan fingerprint density at radius 1 is 0.963 bits per heavy atom. The largest absolute Gasteiger partial charge is 0.508 e. The second kappa shape index (κ2) is 9.76. The first kappa shape index (κ1) is 22.0. The number of β-amino-alcohol motifs (C(OH)–C–C–N with tert-alkyl or cyclic N) is 1. The van der Waals surface area contributed by atoms with Gasteiger partial charge < -0.3 is 20.2 Å². The third-order valence-electron chi connectivity index (χ3n) is 5.11. The molecule has 0 aromatic heterocycles. The molecule has 1 aliphatic heterocycles. The second-order valence-corrected chi connectivity index (χ2v) is 7.79. The second-order valence-electron chi connectivity index (χ2n) is 7.35. The van der Waals surface area contributed by atoms with Crippen LogP contribution in [0.5, 0.6) is 5.75 Å². The van der Waals surface area contributed by atoms with Crippen LogP contribution in [0.4, 0.5) is 0 Å². The molecule has 1 aliphatic rings. The number of rotatable bonds is 6. The summed E-state index contributed by atoms with van der Waals surface area (Å²) in [6.07, 6.45) is 2.13. The fourth-order valence-corrected chi connectivity index (χ4v) is 3.70. The zero-order valence-electron chi connectivity index (χ0n) is 15.2. The maximum Gasteiger partial charge on any atom is 0.115 e. The van der Waals surface area contributed by atoms with Crippen molar-refractivity contribution in [3.63, 3.8) is 0 Å². The van der Waals surface area contributed by atoms with E-state index in [-0.39, 0.29) is 18.2 Å². The Hall–Kier alpha value is -1.30. The zero-order chi connectivity index (χ0) is 18.6. The summed E-state index contributed by atoms with van der Waals surface area (Å²) in [5, 5.41) is 31.2. The highest BCUT2D eigenvalue weighted by Gasteiger charge is 2.32. The van der Waals surface area contributed by atoms with Crippen molar-refractivity contribution in [1.29, 1.82) is 0 Å². The molecule has 0 saturated carbocycles. The molecule has 1 fully saturated rings. The summed E-state index contributed by atoms with van der Waals surface area (Å²) in [4.78, 5) is 2.21. The summed E-state index contributed by atoms with van der Waals surface area (Å²) in [6.45, 7) is 2.14. The Kier molecular flexibility index (Phi) is 7.95. The standard InChI is InChI=1S/C21H26ClNO3.ClH/c22-18-5-1-17(2-6-18)14-21(26)9-11-23(12-10-21)15-20(25)13-16-3-7-19(24)8-4-16;/h1-8,20,24-26H,9-15H2;1H. The molecule has 3 rings (SSSR count). The summed E-state index contributed by atoms with van der Waals surface area (Å²) >= 11 is 5.92. The van der Waals surface area contributed by atoms with E-state index in [0.717, 1.165) is 24.2 Å². The summed E-state index contributed by atoms with van der Waals surface area (Å²) in [5.74, 6) is 0.235. The first-order chi connectivity index (χ1) is 12.4. The average molecular weight is 412 g/mol.